The van der Waals surface area contributed by atoms with Crippen LogP contribution in [-0.2, 0) is 30.9 Å². The zero-order chi connectivity index (χ0) is 28.0. The average molecular weight is 526 g/mol. The van der Waals surface area contributed by atoms with E-state index in [4.69, 9.17) is 9.47 Å². The molecule has 2 saturated heterocycles. The van der Waals surface area contributed by atoms with Crippen molar-refractivity contribution in [3.05, 3.63) is 47.4 Å². The van der Waals surface area contributed by atoms with Gasteiger partial charge in [0, 0.05) is 18.2 Å². The number of aryl methyl sites for hydroxylation is 1. The molecule has 3 aliphatic rings. The molecule has 0 spiro atoms. The molecule has 38 heavy (non-hydrogen) atoms. The molecule has 1 aromatic heterocycles. The van der Waals surface area contributed by atoms with E-state index in [1.54, 1.807) is 52.5 Å². The minimum atomic E-state index is -0.793. The van der Waals surface area contributed by atoms with E-state index in [9.17, 15) is 19.2 Å². The lowest BCUT2D eigenvalue weighted by Gasteiger charge is -2.50. The number of ether oxygens (including phenoxy) is 2. The van der Waals surface area contributed by atoms with Crippen LogP contribution < -0.4 is 14.8 Å². The summed E-state index contributed by atoms with van der Waals surface area (Å²) in [6.45, 7) is 11.0. The first-order valence-corrected chi connectivity index (χ1v) is 12.9. The first-order chi connectivity index (χ1) is 17.6. The van der Waals surface area contributed by atoms with Crippen molar-refractivity contribution in [3.63, 3.8) is 0 Å². The summed E-state index contributed by atoms with van der Waals surface area (Å²) >= 11 is 0. The summed E-state index contributed by atoms with van der Waals surface area (Å²) in [5.74, 6) is -1.17. The maximum Gasteiger partial charge on any atom is 0.408 e. The van der Waals surface area contributed by atoms with Crippen LogP contribution in [0.25, 0.3) is 0 Å². The molecule has 1 N–H and O–H groups in total. The molecule has 0 radical (unpaired) electrons. The number of nitrogens with zero attached hydrogens (tertiary/aromatic N) is 3. The SMILES string of the molecule is C[n+]1cccc(N2CC/C(=C\C3=C(C(=O)OC(C)(C)C)N4C(=O)[C@@H](NC(=O)OC(C)(C)C)[C@H]4CC3)C2=O)c1. The normalized spacial score (nSPS) is 22.9. The Hall–Kier alpha value is -3.69. The third kappa shape index (κ3) is 5.74. The fourth-order valence-electron chi connectivity index (χ4n) is 4.92. The largest absolute Gasteiger partial charge is 0.455 e. The summed E-state index contributed by atoms with van der Waals surface area (Å²) < 4.78 is 12.8. The minimum absolute atomic E-state index is 0.131. The maximum atomic E-state index is 13.3. The monoisotopic (exact) mass is 525 g/mol. The van der Waals surface area contributed by atoms with Gasteiger partial charge in [-0.2, -0.15) is 0 Å². The number of carbonyl (C=O) groups is 4. The number of rotatable bonds is 4. The Morgan fingerprint density at radius 2 is 1.76 bits per heavy atom. The van der Waals surface area contributed by atoms with Gasteiger partial charge in [0.1, 0.15) is 35.7 Å². The lowest BCUT2D eigenvalue weighted by atomic mass is 9.83. The van der Waals surface area contributed by atoms with Gasteiger partial charge in [-0.1, -0.05) is 0 Å². The molecular formula is C28H37N4O6+. The van der Waals surface area contributed by atoms with Gasteiger partial charge in [0.05, 0.1) is 6.04 Å². The number of hydrogen-bond acceptors (Lipinski definition) is 6. The van der Waals surface area contributed by atoms with Gasteiger partial charge in [0.15, 0.2) is 12.4 Å². The Balaban J connectivity index is 1.62. The number of anilines is 1. The van der Waals surface area contributed by atoms with Gasteiger partial charge >= 0.3 is 12.1 Å². The van der Waals surface area contributed by atoms with E-state index in [1.165, 1.54) is 4.90 Å². The number of alkyl carbamates (subject to hydrolysis) is 1. The molecule has 0 aromatic carbocycles. The second-order valence-corrected chi connectivity index (χ2v) is 11.9. The van der Waals surface area contributed by atoms with E-state index in [0.717, 1.165) is 5.69 Å². The number of fused-ring (bicyclic) bond motifs is 1. The molecule has 4 heterocycles. The molecule has 0 saturated carbocycles. The number of β-lactam (4-membered cyclic amide) rings is 1. The third-order valence-electron chi connectivity index (χ3n) is 6.45. The lowest BCUT2D eigenvalue weighted by Crippen LogP contribution is -2.72. The van der Waals surface area contributed by atoms with Crippen molar-refractivity contribution in [1.82, 2.24) is 10.2 Å². The summed E-state index contributed by atoms with van der Waals surface area (Å²) in [6.07, 6.45) is 6.32. The van der Waals surface area contributed by atoms with Crippen molar-refractivity contribution in [1.29, 1.82) is 0 Å². The number of allylic oxidation sites excluding steroid dienone is 2. The van der Waals surface area contributed by atoms with Gasteiger partial charge in [0.25, 0.3) is 11.8 Å². The van der Waals surface area contributed by atoms with Crippen LogP contribution in [0.15, 0.2) is 47.4 Å². The Bertz CT molecular complexity index is 1240. The van der Waals surface area contributed by atoms with Crippen molar-refractivity contribution >= 4 is 29.6 Å². The maximum absolute atomic E-state index is 13.3. The highest BCUT2D eigenvalue weighted by Crippen LogP contribution is 2.39. The van der Waals surface area contributed by atoms with E-state index in [0.29, 0.717) is 37.0 Å². The lowest BCUT2D eigenvalue weighted by molar-refractivity contribution is -0.670. The van der Waals surface area contributed by atoms with Crippen LogP contribution in [0.2, 0.25) is 0 Å². The van der Waals surface area contributed by atoms with Gasteiger partial charge in [-0.15, -0.1) is 0 Å². The van der Waals surface area contributed by atoms with Gasteiger partial charge < -0.3 is 19.7 Å². The highest BCUT2D eigenvalue weighted by Gasteiger charge is 2.54. The molecule has 10 heteroatoms. The van der Waals surface area contributed by atoms with Gasteiger partial charge in [-0.25, -0.2) is 14.2 Å². The minimum Gasteiger partial charge on any atom is -0.455 e. The van der Waals surface area contributed by atoms with Crippen LogP contribution in [0, 0.1) is 0 Å². The molecule has 0 unspecified atom stereocenters. The Morgan fingerprint density at radius 3 is 2.39 bits per heavy atom. The van der Waals surface area contributed by atoms with E-state index in [-0.39, 0.29) is 11.6 Å². The van der Waals surface area contributed by atoms with Crippen molar-refractivity contribution in [3.8, 4) is 0 Å². The molecule has 3 amide bonds. The number of aromatic nitrogens is 1. The molecule has 2 atom stereocenters. The van der Waals surface area contributed by atoms with E-state index in [2.05, 4.69) is 5.32 Å². The molecule has 0 bridgehead atoms. The predicted octanol–water partition coefficient (Wildman–Crippen LogP) is 2.67. The Morgan fingerprint density at radius 1 is 1.08 bits per heavy atom. The zero-order valence-corrected chi connectivity index (χ0v) is 23.2. The van der Waals surface area contributed by atoms with E-state index >= 15 is 0 Å². The van der Waals surface area contributed by atoms with Crippen LogP contribution in [0.1, 0.15) is 60.8 Å². The van der Waals surface area contributed by atoms with Gasteiger partial charge in [0.2, 0.25) is 0 Å². The molecule has 4 rings (SSSR count). The molecule has 1 aromatic rings. The number of hydrogen-bond donors (Lipinski definition) is 1. The van der Waals surface area contributed by atoms with E-state index in [1.807, 2.05) is 36.1 Å². The number of esters is 1. The summed E-state index contributed by atoms with van der Waals surface area (Å²) in [5, 5.41) is 2.65. The third-order valence-corrected chi connectivity index (χ3v) is 6.45. The Kier molecular flexibility index (Phi) is 7.11. The molecule has 204 valence electrons. The van der Waals surface area contributed by atoms with Crippen LogP contribution in [-0.4, -0.2) is 58.6 Å². The van der Waals surface area contributed by atoms with Gasteiger partial charge in [-0.05, 0) is 78.5 Å². The molecular weight excluding hydrogens is 488 g/mol. The van der Waals surface area contributed by atoms with Crippen LogP contribution in [0.5, 0.6) is 0 Å². The van der Waals surface area contributed by atoms with Crippen LogP contribution in [0.4, 0.5) is 10.5 Å². The van der Waals surface area contributed by atoms with Crippen molar-refractivity contribution in [2.75, 3.05) is 11.4 Å². The van der Waals surface area contributed by atoms with Crippen molar-refractivity contribution in [2.24, 2.45) is 7.05 Å². The number of amides is 3. The zero-order valence-electron chi connectivity index (χ0n) is 23.2. The first-order valence-electron chi connectivity index (χ1n) is 12.9. The van der Waals surface area contributed by atoms with Crippen LogP contribution >= 0.6 is 0 Å². The topological polar surface area (TPSA) is 109 Å². The average Bonchev–Trinajstić information content (AvgIpc) is 3.14. The van der Waals surface area contributed by atoms with Crippen molar-refractivity contribution < 1.29 is 33.2 Å². The van der Waals surface area contributed by atoms with Crippen molar-refractivity contribution in [2.45, 2.75) is 84.1 Å². The summed E-state index contributed by atoms with van der Waals surface area (Å²) in [4.78, 5) is 55.3. The Labute approximate surface area is 223 Å². The first kappa shape index (κ1) is 27.3. The molecule has 0 aliphatic carbocycles. The standard InChI is InChI=1S/C28H36N4O6/c1-27(2,3)37-25(35)22-17(15-18-12-14-31(23(18)33)19-9-8-13-30(7)16-19)10-11-20-21(24(34)32(20)22)29-26(36)38-28(4,5)6/h8-9,13,15-16,20-21H,10-12,14H2,1-7H3/p+1/b18-15+/t20-,21+/m1/s1. The molecule has 10 nitrogen and oxygen atoms in total. The quantitative estimate of drug-likeness (QED) is 0.280. The summed E-state index contributed by atoms with van der Waals surface area (Å²) in [6, 6.07) is 2.57. The number of carbonyl (C=O) groups excluding carboxylic acids is 4. The predicted molar refractivity (Wildman–Crippen MR) is 139 cm³/mol. The van der Waals surface area contributed by atoms with Crippen LogP contribution in [0.3, 0.4) is 0 Å². The fraction of sp³-hybridized carbons (Fsp3) is 0.536. The molecule has 3 aliphatic heterocycles. The highest BCUT2D eigenvalue weighted by atomic mass is 16.6. The smallest absolute Gasteiger partial charge is 0.408 e. The second kappa shape index (κ2) is 9.89. The number of pyridine rings is 1. The molecule has 2 fully saturated rings. The number of nitrogens with one attached hydrogen (secondary N) is 1. The summed E-state index contributed by atoms with van der Waals surface area (Å²) in [5.41, 5.74) is 0.602. The second-order valence-electron chi connectivity index (χ2n) is 11.9. The van der Waals surface area contributed by atoms with Gasteiger partial charge in [-0.3, -0.25) is 14.5 Å². The summed E-state index contributed by atoms with van der Waals surface area (Å²) in [7, 11) is 1.90. The fourth-order valence-corrected chi connectivity index (χ4v) is 4.92. The highest BCUT2D eigenvalue weighted by molar-refractivity contribution is 6.09. The van der Waals surface area contributed by atoms with E-state index < -0.39 is 41.3 Å².